The minimum absolute atomic E-state index is 0.271. The van der Waals surface area contributed by atoms with Crippen molar-refractivity contribution in [3.05, 3.63) is 0 Å². The molecule has 0 amide bonds. The van der Waals surface area contributed by atoms with Crippen molar-refractivity contribution in [2.45, 2.75) is 70.9 Å². The maximum absolute atomic E-state index is 3.56. The molecule has 1 saturated heterocycles. The van der Waals surface area contributed by atoms with Crippen LogP contribution in [0.25, 0.3) is 0 Å². The maximum atomic E-state index is 3.56. The lowest BCUT2D eigenvalue weighted by molar-refractivity contribution is 0.133. The first kappa shape index (κ1) is 17.9. The number of likely N-dealkylation sites (tertiary alicyclic amines) is 1. The predicted octanol–water partition coefficient (Wildman–Crippen LogP) is 2.96. The predicted molar refractivity (Wildman–Crippen MR) is 89.4 cm³/mol. The second kappa shape index (κ2) is 9.01. The molecule has 1 atom stereocenters. The van der Waals surface area contributed by atoms with E-state index in [4.69, 9.17) is 0 Å². The molecule has 1 aliphatic heterocycles. The molecule has 1 rings (SSSR count). The van der Waals surface area contributed by atoms with Crippen molar-refractivity contribution in [3.8, 4) is 0 Å². The molecule has 1 heterocycles. The Bertz CT molecular complexity index is 247. The summed E-state index contributed by atoms with van der Waals surface area (Å²) in [5.41, 5.74) is 0.271. The van der Waals surface area contributed by atoms with Gasteiger partial charge in [-0.3, -0.25) is 0 Å². The van der Waals surface area contributed by atoms with E-state index in [0.29, 0.717) is 0 Å². The second-order valence-corrected chi connectivity index (χ2v) is 7.63. The minimum atomic E-state index is 0.271. The highest BCUT2D eigenvalue weighted by molar-refractivity contribution is 4.77. The third-order valence-corrected chi connectivity index (χ3v) is 4.32. The third-order valence-electron chi connectivity index (χ3n) is 4.32. The van der Waals surface area contributed by atoms with Crippen molar-refractivity contribution < 1.29 is 0 Å². The molecular weight excluding hydrogens is 246 g/mol. The van der Waals surface area contributed by atoms with Gasteiger partial charge in [0.05, 0.1) is 0 Å². The van der Waals surface area contributed by atoms with Gasteiger partial charge in [0.25, 0.3) is 0 Å². The van der Waals surface area contributed by atoms with Gasteiger partial charge in [-0.15, -0.1) is 0 Å². The van der Waals surface area contributed by atoms with Gasteiger partial charge in [0.15, 0.2) is 0 Å². The van der Waals surface area contributed by atoms with Crippen LogP contribution in [0.15, 0.2) is 0 Å². The Morgan fingerprint density at radius 2 is 1.85 bits per heavy atom. The zero-order chi connectivity index (χ0) is 15.0. The molecule has 1 unspecified atom stereocenters. The monoisotopic (exact) mass is 283 g/mol. The highest BCUT2D eigenvalue weighted by Gasteiger charge is 2.20. The summed E-state index contributed by atoms with van der Waals surface area (Å²) in [6, 6.07) is 0.788. The molecule has 0 radical (unpaired) electrons. The summed E-state index contributed by atoms with van der Waals surface area (Å²) in [6.45, 7) is 11.7. The lowest BCUT2D eigenvalue weighted by Gasteiger charge is -2.35. The van der Waals surface area contributed by atoms with E-state index in [9.17, 15) is 0 Å². The number of hydrogen-bond acceptors (Lipinski definition) is 3. The van der Waals surface area contributed by atoms with Crippen LogP contribution in [0.1, 0.15) is 59.3 Å². The van der Waals surface area contributed by atoms with Crippen LogP contribution in [0.4, 0.5) is 0 Å². The highest BCUT2D eigenvalue weighted by Crippen LogP contribution is 2.14. The summed E-state index contributed by atoms with van der Waals surface area (Å²) < 4.78 is 0. The summed E-state index contributed by atoms with van der Waals surface area (Å²) >= 11 is 0. The van der Waals surface area contributed by atoms with E-state index in [1.54, 1.807) is 0 Å². The second-order valence-electron chi connectivity index (χ2n) is 7.63. The number of nitrogens with one attached hydrogen (secondary N) is 1. The summed E-state index contributed by atoms with van der Waals surface area (Å²) in [5, 5.41) is 3.56. The zero-order valence-electron chi connectivity index (χ0n) is 14.5. The molecular formula is C17H37N3. The number of piperidine rings is 1. The van der Waals surface area contributed by atoms with Gasteiger partial charge in [0.1, 0.15) is 0 Å². The molecule has 120 valence electrons. The Kier molecular flexibility index (Phi) is 8.08. The van der Waals surface area contributed by atoms with Crippen LogP contribution in [0, 0.1) is 0 Å². The number of nitrogens with zero attached hydrogens (tertiary/aromatic N) is 2. The average molecular weight is 284 g/mol. The highest BCUT2D eigenvalue weighted by atomic mass is 15.2. The van der Waals surface area contributed by atoms with E-state index in [2.05, 4.69) is 50.0 Å². The summed E-state index contributed by atoms with van der Waals surface area (Å²) in [7, 11) is 4.56. The fraction of sp³-hybridized carbons (Fsp3) is 1.00. The SMILES string of the molecule is CN1CCCC(N(C)CCCCCCNC(C)(C)C)C1. The quantitative estimate of drug-likeness (QED) is 0.691. The Hall–Kier alpha value is -0.120. The van der Waals surface area contributed by atoms with Crippen LogP contribution in [-0.2, 0) is 0 Å². The van der Waals surface area contributed by atoms with Crippen LogP contribution in [0.5, 0.6) is 0 Å². The van der Waals surface area contributed by atoms with Gasteiger partial charge in [-0.05, 0) is 80.2 Å². The normalized spacial score (nSPS) is 21.6. The number of likely N-dealkylation sites (N-methyl/N-ethyl adjacent to an activating group) is 2. The topological polar surface area (TPSA) is 18.5 Å². The van der Waals surface area contributed by atoms with Crippen molar-refractivity contribution >= 4 is 0 Å². The van der Waals surface area contributed by atoms with Gasteiger partial charge >= 0.3 is 0 Å². The lowest BCUT2D eigenvalue weighted by atomic mass is 10.0. The Morgan fingerprint density at radius 3 is 2.50 bits per heavy atom. The molecule has 0 aromatic heterocycles. The molecule has 1 N–H and O–H groups in total. The van der Waals surface area contributed by atoms with Crippen LogP contribution >= 0.6 is 0 Å². The van der Waals surface area contributed by atoms with Crippen molar-refractivity contribution in [1.29, 1.82) is 0 Å². The first-order chi connectivity index (χ1) is 9.38. The van der Waals surface area contributed by atoms with Crippen molar-refractivity contribution in [2.75, 3.05) is 40.3 Å². The molecule has 1 fully saturated rings. The Morgan fingerprint density at radius 1 is 1.15 bits per heavy atom. The fourth-order valence-electron chi connectivity index (χ4n) is 2.98. The molecule has 0 aliphatic carbocycles. The van der Waals surface area contributed by atoms with Gasteiger partial charge < -0.3 is 15.1 Å². The molecule has 0 aromatic rings. The Labute approximate surface area is 127 Å². The molecule has 0 saturated carbocycles. The number of rotatable bonds is 8. The largest absolute Gasteiger partial charge is 0.312 e. The zero-order valence-corrected chi connectivity index (χ0v) is 14.5. The Balaban J connectivity index is 1.98. The first-order valence-corrected chi connectivity index (χ1v) is 8.52. The number of unbranched alkanes of at least 4 members (excludes halogenated alkanes) is 3. The van der Waals surface area contributed by atoms with E-state index in [1.165, 1.54) is 58.2 Å². The third kappa shape index (κ3) is 8.23. The van der Waals surface area contributed by atoms with Crippen molar-refractivity contribution in [2.24, 2.45) is 0 Å². The van der Waals surface area contributed by atoms with E-state index in [-0.39, 0.29) is 5.54 Å². The standard InChI is InChI=1S/C17H37N3/c1-17(2,3)18-12-8-6-7-9-14-20(5)16-11-10-13-19(4)15-16/h16,18H,6-15H2,1-5H3. The molecule has 0 aromatic carbocycles. The van der Waals surface area contributed by atoms with Crippen LogP contribution < -0.4 is 5.32 Å². The first-order valence-electron chi connectivity index (χ1n) is 8.52. The number of hydrogen-bond donors (Lipinski definition) is 1. The van der Waals surface area contributed by atoms with Crippen molar-refractivity contribution in [1.82, 2.24) is 15.1 Å². The average Bonchev–Trinajstić information content (AvgIpc) is 2.36. The van der Waals surface area contributed by atoms with Crippen LogP contribution in [0.3, 0.4) is 0 Å². The van der Waals surface area contributed by atoms with Crippen LogP contribution in [-0.4, -0.2) is 61.7 Å². The van der Waals surface area contributed by atoms with E-state index >= 15 is 0 Å². The summed E-state index contributed by atoms with van der Waals surface area (Å²) in [6.07, 6.45) is 8.15. The summed E-state index contributed by atoms with van der Waals surface area (Å²) in [4.78, 5) is 5.06. The molecule has 3 nitrogen and oxygen atoms in total. The van der Waals surface area contributed by atoms with Gasteiger partial charge in [-0.1, -0.05) is 12.8 Å². The van der Waals surface area contributed by atoms with Gasteiger partial charge in [0.2, 0.25) is 0 Å². The summed E-state index contributed by atoms with van der Waals surface area (Å²) in [5.74, 6) is 0. The van der Waals surface area contributed by atoms with Gasteiger partial charge in [-0.2, -0.15) is 0 Å². The molecule has 1 aliphatic rings. The maximum Gasteiger partial charge on any atom is 0.0220 e. The van der Waals surface area contributed by atoms with E-state index < -0.39 is 0 Å². The molecule has 0 spiro atoms. The van der Waals surface area contributed by atoms with E-state index in [1.807, 2.05) is 0 Å². The fourth-order valence-corrected chi connectivity index (χ4v) is 2.98. The van der Waals surface area contributed by atoms with Gasteiger partial charge in [0, 0.05) is 18.1 Å². The lowest BCUT2D eigenvalue weighted by Crippen LogP contribution is -2.45. The molecule has 20 heavy (non-hydrogen) atoms. The van der Waals surface area contributed by atoms with Gasteiger partial charge in [-0.25, -0.2) is 0 Å². The molecule has 3 heteroatoms. The van der Waals surface area contributed by atoms with Crippen molar-refractivity contribution in [3.63, 3.8) is 0 Å². The minimum Gasteiger partial charge on any atom is -0.312 e. The van der Waals surface area contributed by atoms with Crippen LogP contribution in [0.2, 0.25) is 0 Å². The van der Waals surface area contributed by atoms with E-state index in [0.717, 1.165) is 12.6 Å². The smallest absolute Gasteiger partial charge is 0.0220 e. The molecule has 0 bridgehead atoms.